The Labute approximate surface area is 114 Å². The standard InChI is InChI=1S/C11H6ClF4NOS/c12-10-17-4-7(19-10)5-18-6-1-2-9(13)8(3-6)11(14,15)16/h1-4H,5H2. The van der Waals surface area contributed by atoms with Crippen LogP contribution in [0, 0.1) is 5.82 Å². The number of rotatable bonds is 3. The lowest BCUT2D eigenvalue weighted by molar-refractivity contribution is -0.140. The number of aromatic nitrogens is 1. The van der Waals surface area contributed by atoms with Crippen molar-refractivity contribution in [1.82, 2.24) is 4.98 Å². The summed E-state index contributed by atoms with van der Waals surface area (Å²) >= 11 is 6.75. The number of nitrogens with zero attached hydrogens (tertiary/aromatic N) is 1. The molecule has 0 unspecified atom stereocenters. The predicted molar refractivity (Wildman–Crippen MR) is 62.9 cm³/mol. The summed E-state index contributed by atoms with van der Waals surface area (Å²) in [6.45, 7) is 0.0211. The lowest BCUT2D eigenvalue weighted by Crippen LogP contribution is -2.08. The van der Waals surface area contributed by atoms with Crippen LogP contribution in [0.2, 0.25) is 4.47 Å². The van der Waals surface area contributed by atoms with Crippen LogP contribution < -0.4 is 4.74 Å². The Bertz CT molecular complexity index is 584. The van der Waals surface area contributed by atoms with Gasteiger partial charge in [-0.2, -0.15) is 13.2 Å². The Morgan fingerprint density at radius 2 is 2.05 bits per heavy atom. The van der Waals surface area contributed by atoms with Crippen molar-refractivity contribution in [2.75, 3.05) is 0 Å². The van der Waals surface area contributed by atoms with Gasteiger partial charge in [0.2, 0.25) is 0 Å². The second kappa shape index (κ2) is 5.34. The molecule has 2 aromatic rings. The molecule has 1 aromatic heterocycles. The van der Waals surface area contributed by atoms with Gasteiger partial charge in [-0.05, 0) is 18.2 Å². The predicted octanol–water partition coefficient (Wildman–Crippen LogP) is 4.53. The number of alkyl halides is 3. The topological polar surface area (TPSA) is 22.1 Å². The highest BCUT2D eigenvalue weighted by molar-refractivity contribution is 7.15. The monoisotopic (exact) mass is 311 g/mol. The quantitative estimate of drug-likeness (QED) is 0.777. The summed E-state index contributed by atoms with van der Waals surface area (Å²) < 4.78 is 55.9. The van der Waals surface area contributed by atoms with Crippen LogP contribution in [0.4, 0.5) is 17.6 Å². The molecule has 0 fully saturated rings. The highest BCUT2D eigenvalue weighted by atomic mass is 35.5. The van der Waals surface area contributed by atoms with Gasteiger partial charge in [-0.1, -0.05) is 11.6 Å². The molecule has 2 rings (SSSR count). The van der Waals surface area contributed by atoms with Crippen LogP contribution in [0.15, 0.2) is 24.4 Å². The molecule has 0 N–H and O–H groups in total. The normalized spacial score (nSPS) is 11.6. The van der Waals surface area contributed by atoms with Crippen molar-refractivity contribution in [2.45, 2.75) is 12.8 Å². The van der Waals surface area contributed by atoms with Gasteiger partial charge in [0, 0.05) is 6.20 Å². The molecule has 0 spiro atoms. The zero-order valence-electron chi connectivity index (χ0n) is 9.17. The van der Waals surface area contributed by atoms with Crippen LogP contribution in [-0.4, -0.2) is 4.98 Å². The third kappa shape index (κ3) is 3.57. The maximum absolute atomic E-state index is 13.0. The van der Waals surface area contributed by atoms with Crippen LogP contribution in [0.25, 0.3) is 0 Å². The van der Waals surface area contributed by atoms with Gasteiger partial charge < -0.3 is 4.74 Å². The van der Waals surface area contributed by atoms with Crippen LogP contribution >= 0.6 is 22.9 Å². The maximum Gasteiger partial charge on any atom is 0.419 e. The number of halogens is 5. The fourth-order valence-electron chi connectivity index (χ4n) is 1.32. The van der Waals surface area contributed by atoms with Crippen molar-refractivity contribution >= 4 is 22.9 Å². The number of thiazole rings is 1. The average molecular weight is 312 g/mol. The Morgan fingerprint density at radius 1 is 1.32 bits per heavy atom. The van der Waals surface area contributed by atoms with Crippen LogP contribution in [0.1, 0.15) is 10.4 Å². The Kier molecular flexibility index (Phi) is 3.96. The minimum atomic E-state index is -4.75. The maximum atomic E-state index is 13.0. The fourth-order valence-corrected chi connectivity index (χ4v) is 2.21. The second-order valence-electron chi connectivity index (χ2n) is 3.51. The van der Waals surface area contributed by atoms with Crippen LogP contribution in [0.3, 0.4) is 0 Å². The third-order valence-electron chi connectivity index (χ3n) is 2.15. The third-order valence-corrected chi connectivity index (χ3v) is 3.24. The van der Waals surface area contributed by atoms with E-state index in [4.69, 9.17) is 16.3 Å². The molecule has 0 radical (unpaired) electrons. The first-order valence-corrected chi connectivity index (χ1v) is 6.15. The molecular formula is C11H6ClF4NOS. The second-order valence-corrected chi connectivity index (χ2v) is 5.20. The van der Waals surface area contributed by atoms with Gasteiger partial charge >= 0.3 is 6.18 Å². The molecule has 0 aliphatic heterocycles. The van der Waals surface area contributed by atoms with E-state index in [1.54, 1.807) is 0 Å². The Morgan fingerprint density at radius 3 is 2.63 bits per heavy atom. The van der Waals surface area contributed by atoms with Gasteiger partial charge in [0.15, 0.2) is 4.47 Å². The molecule has 0 saturated carbocycles. The van der Waals surface area contributed by atoms with E-state index in [0.717, 1.165) is 23.5 Å². The van der Waals surface area contributed by atoms with Crippen LogP contribution in [-0.2, 0) is 12.8 Å². The lowest BCUT2D eigenvalue weighted by atomic mass is 10.2. The molecule has 1 aromatic carbocycles. The van der Waals surface area contributed by atoms with Gasteiger partial charge in [-0.15, -0.1) is 11.3 Å². The number of benzene rings is 1. The lowest BCUT2D eigenvalue weighted by Gasteiger charge is -2.10. The Hall–Kier alpha value is -1.34. The zero-order chi connectivity index (χ0) is 14.0. The van der Waals surface area contributed by atoms with Crippen molar-refractivity contribution in [3.8, 4) is 5.75 Å². The number of hydrogen-bond acceptors (Lipinski definition) is 3. The average Bonchev–Trinajstić information content (AvgIpc) is 2.72. The van der Waals surface area contributed by atoms with E-state index < -0.39 is 17.6 Å². The zero-order valence-corrected chi connectivity index (χ0v) is 10.7. The smallest absolute Gasteiger partial charge is 0.419 e. The first kappa shape index (κ1) is 14.1. The highest BCUT2D eigenvalue weighted by Crippen LogP contribution is 2.33. The molecule has 0 aliphatic carbocycles. The van der Waals surface area contributed by atoms with E-state index in [-0.39, 0.29) is 12.4 Å². The first-order chi connectivity index (χ1) is 8.86. The van der Waals surface area contributed by atoms with Crippen molar-refractivity contribution in [2.24, 2.45) is 0 Å². The molecule has 0 aliphatic rings. The molecule has 2 nitrogen and oxygen atoms in total. The van der Waals surface area contributed by atoms with Gasteiger partial charge in [0.25, 0.3) is 0 Å². The minimum absolute atomic E-state index is 0.0211. The van der Waals surface area contributed by atoms with E-state index >= 15 is 0 Å². The van der Waals surface area contributed by atoms with E-state index in [1.807, 2.05) is 0 Å². The van der Waals surface area contributed by atoms with E-state index in [2.05, 4.69) is 4.98 Å². The number of ether oxygens (including phenoxy) is 1. The van der Waals surface area contributed by atoms with Crippen LogP contribution in [0.5, 0.6) is 5.75 Å². The van der Waals surface area contributed by atoms with E-state index in [0.29, 0.717) is 15.4 Å². The first-order valence-electron chi connectivity index (χ1n) is 4.96. The summed E-state index contributed by atoms with van der Waals surface area (Å²) in [6, 6.07) is 2.48. The SMILES string of the molecule is Fc1ccc(OCc2cnc(Cl)s2)cc1C(F)(F)F. The molecule has 1 heterocycles. The number of hydrogen-bond donors (Lipinski definition) is 0. The van der Waals surface area contributed by atoms with Gasteiger partial charge in [-0.3, -0.25) is 0 Å². The molecule has 19 heavy (non-hydrogen) atoms. The van der Waals surface area contributed by atoms with Gasteiger partial charge in [0.1, 0.15) is 18.2 Å². The highest BCUT2D eigenvalue weighted by Gasteiger charge is 2.34. The summed E-state index contributed by atoms with van der Waals surface area (Å²) in [5.74, 6) is -1.40. The molecule has 0 amide bonds. The summed E-state index contributed by atoms with van der Waals surface area (Å²) in [5.41, 5.74) is -1.35. The van der Waals surface area contributed by atoms with Gasteiger partial charge in [-0.25, -0.2) is 9.37 Å². The minimum Gasteiger partial charge on any atom is -0.488 e. The molecular weight excluding hydrogens is 306 g/mol. The largest absolute Gasteiger partial charge is 0.488 e. The molecule has 0 bridgehead atoms. The summed E-state index contributed by atoms with van der Waals surface area (Å²) in [7, 11) is 0. The van der Waals surface area contributed by atoms with Crippen molar-refractivity contribution < 1.29 is 22.3 Å². The Balaban J connectivity index is 2.13. The molecule has 102 valence electrons. The molecule has 8 heteroatoms. The van der Waals surface area contributed by atoms with Gasteiger partial charge in [0.05, 0.1) is 10.4 Å². The summed E-state index contributed by atoms with van der Waals surface area (Å²) in [4.78, 5) is 4.42. The van der Waals surface area contributed by atoms with E-state index in [1.165, 1.54) is 6.20 Å². The summed E-state index contributed by atoms with van der Waals surface area (Å²) in [6.07, 6.45) is -3.29. The van der Waals surface area contributed by atoms with E-state index in [9.17, 15) is 17.6 Å². The molecule has 0 saturated heterocycles. The molecule has 0 atom stereocenters. The summed E-state index contributed by atoms with van der Waals surface area (Å²) in [5, 5.41) is 0. The van der Waals surface area contributed by atoms with Crippen molar-refractivity contribution in [3.05, 3.63) is 45.1 Å². The van der Waals surface area contributed by atoms with Crippen molar-refractivity contribution in [1.29, 1.82) is 0 Å². The fraction of sp³-hybridized carbons (Fsp3) is 0.182. The van der Waals surface area contributed by atoms with Crippen molar-refractivity contribution in [3.63, 3.8) is 0 Å².